The Morgan fingerprint density at radius 1 is 1.00 bits per heavy atom. The zero-order chi connectivity index (χ0) is 27.9. The normalized spacial score (nSPS) is 14.4. The van der Waals surface area contributed by atoms with E-state index in [1.807, 2.05) is 31.2 Å². The molecule has 12 heteroatoms. The molecule has 1 aliphatic rings. The number of carboxylic acid groups (broad SMARTS) is 1. The number of sulfonamides is 1. The molecule has 0 amide bonds. The van der Waals surface area contributed by atoms with Crippen LogP contribution in [0.5, 0.6) is 5.75 Å². The number of fused-ring (bicyclic) bond motifs is 1. The molecule has 7 nitrogen and oxygen atoms in total. The molecule has 1 unspecified atom stereocenters. The van der Waals surface area contributed by atoms with Crippen molar-refractivity contribution in [2.24, 2.45) is 0 Å². The van der Waals surface area contributed by atoms with Crippen LogP contribution < -0.4 is 44.1 Å². The van der Waals surface area contributed by atoms with E-state index >= 15 is 0 Å². The first-order chi connectivity index (χ1) is 18.4. The molecule has 0 radical (unpaired) electrons. The number of hydrogen-bond donors (Lipinski definition) is 1. The fourth-order valence-corrected chi connectivity index (χ4v) is 5.72. The number of hydrogen-bond acceptors (Lipinski definition) is 6. The summed E-state index contributed by atoms with van der Waals surface area (Å²) in [5, 5.41) is 13.0. The summed E-state index contributed by atoms with van der Waals surface area (Å²) in [5.74, 6) is -1.67. The Labute approximate surface area is 250 Å². The van der Waals surface area contributed by atoms with Crippen molar-refractivity contribution < 1.29 is 65.8 Å². The molecule has 1 fully saturated rings. The number of aromatic carboxylic acids is 1. The Kier molecular flexibility index (Phi) is 8.63. The van der Waals surface area contributed by atoms with Gasteiger partial charge in [0.2, 0.25) is 10.0 Å². The minimum atomic E-state index is -4.88. The molecule has 1 N–H and O–H groups in total. The van der Waals surface area contributed by atoms with E-state index in [9.17, 15) is 31.5 Å². The number of carboxylic acids is 1. The number of nitrogens with zero attached hydrogens (tertiary/aromatic N) is 1. The fourth-order valence-electron chi connectivity index (χ4n) is 4.53. The maximum atomic E-state index is 13.5. The first-order valence-electron chi connectivity index (χ1n) is 12.0. The second-order valence-electron chi connectivity index (χ2n) is 9.31. The second-order valence-corrected chi connectivity index (χ2v) is 11.0. The number of alkyl halides is 3. The van der Waals surface area contributed by atoms with Crippen LogP contribution in [0.3, 0.4) is 0 Å². The minimum Gasteiger partial charge on any atom is -0.545 e. The molecule has 1 aromatic heterocycles. The van der Waals surface area contributed by atoms with Gasteiger partial charge in [-0.05, 0) is 66.1 Å². The predicted molar refractivity (Wildman–Crippen MR) is 135 cm³/mol. The van der Waals surface area contributed by atoms with Crippen molar-refractivity contribution in [1.29, 1.82) is 0 Å². The first kappa shape index (κ1) is 30.0. The maximum Gasteiger partial charge on any atom is 1.00 e. The molecule has 0 spiro atoms. The number of nitrogens with one attached hydrogen (secondary N) is 1. The van der Waals surface area contributed by atoms with Crippen molar-refractivity contribution in [3.8, 4) is 5.75 Å². The molecule has 3 aromatic carbocycles. The summed E-state index contributed by atoms with van der Waals surface area (Å²) >= 11 is 0. The molecule has 202 valence electrons. The van der Waals surface area contributed by atoms with Gasteiger partial charge < -0.3 is 14.6 Å². The summed E-state index contributed by atoms with van der Waals surface area (Å²) in [4.78, 5) is 15.8. The SMILES string of the molecule is Cc1c(C(NS(=O)(=O)c2ccc(C(=O)[O-])cc2)c2ccc(OC(F)(F)F)cc2)nc(C2CC2)c2ccccc12.[Na+]. The third-order valence-corrected chi connectivity index (χ3v) is 8.03. The Morgan fingerprint density at radius 2 is 1.60 bits per heavy atom. The van der Waals surface area contributed by atoms with Gasteiger partial charge in [-0.1, -0.05) is 48.5 Å². The van der Waals surface area contributed by atoms with E-state index in [1.165, 1.54) is 12.1 Å². The van der Waals surface area contributed by atoms with Gasteiger partial charge in [-0.2, -0.15) is 4.72 Å². The van der Waals surface area contributed by atoms with Gasteiger partial charge in [0.25, 0.3) is 0 Å². The van der Waals surface area contributed by atoms with E-state index < -0.39 is 34.1 Å². The molecule has 40 heavy (non-hydrogen) atoms. The summed E-state index contributed by atoms with van der Waals surface area (Å²) in [5.41, 5.74) is 2.12. The van der Waals surface area contributed by atoms with E-state index in [-0.39, 0.29) is 45.9 Å². The van der Waals surface area contributed by atoms with Crippen LogP contribution in [0, 0.1) is 6.92 Å². The van der Waals surface area contributed by atoms with Crippen LogP contribution in [-0.4, -0.2) is 25.7 Å². The van der Waals surface area contributed by atoms with Crippen molar-refractivity contribution in [1.82, 2.24) is 9.71 Å². The van der Waals surface area contributed by atoms with Crippen LogP contribution in [0.25, 0.3) is 10.8 Å². The van der Waals surface area contributed by atoms with Crippen molar-refractivity contribution in [3.05, 3.63) is 101 Å². The van der Waals surface area contributed by atoms with Gasteiger partial charge in [0, 0.05) is 11.3 Å². The molecule has 1 heterocycles. The van der Waals surface area contributed by atoms with Gasteiger partial charge in [0.1, 0.15) is 5.75 Å². The minimum absolute atomic E-state index is 0. The van der Waals surface area contributed by atoms with Crippen molar-refractivity contribution in [2.75, 3.05) is 0 Å². The van der Waals surface area contributed by atoms with Crippen LogP contribution in [0.2, 0.25) is 0 Å². The van der Waals surface area contributed by atoms with Gasteiger partial charge in [-0.15, -0.1) is 13.2 Å². The van der Waals surface area contributed by atoms with E-state index in [4.69, 9.17) is 4.98 Å². The van der Waals surface area contributed by atoms with Crippen LogP contribution >= 0.6 is 0 Å². The second kappa shape index (κ2) is 11.5. The zero-order valence-electron chi connectivity index (χ0n) is 21.5. The summed E-state index contributed by atoms with van der Waals surface area (Å²) in [7, 11) is -4.24. The van der Waals surface area contributed by atoms with E-state index in [0.717, 1.165) is 65.7 Å². The molecule has 1 aliphatic carbocycles. The van der Waals surface area contributed by atoms with Crippen LogP contribution in [-0.2, 0) is 10.0 Å². The molecule has 1 atom stereocenters. The van der Waals surface area contributed by atoms with Gasteiger partial charge in [0.05, 0.1) is 28.3 Å². The number of carbonyl (C=O) groups excluding carboxylic acids is 1. The molecule has 0 aliphatic heterocycles. The quantitative estimate of drug-likeness (QED) is 0.320. The molecule has 0 bridgehead atoms. The fraction of sp³-hybridized carbons (Fsp3) is 0.214. The van der Waals surface area contributed by atoms with Crippen molar-refractivity contribution in [3.63, 3.8) is 0 Å². The number of halogens is 3. The topological polar surface area (TPSA) is 108 Å². The Bertz CT molecular complexity index is 1660. The smallest absolute Gasteiger partial charge is 0.545 e. The van der Waals surface area contributed by atoms with Gasteiger partial charge in [0.15, 0.2) is 0 Å². The van der Waals surface area contributed by atoms with Crippen molar-refractivity contribution in [2.45, 2.75) is 43.0 Å². The number of aromatic nitrogens is 1. The Balaban J connectivity index is 0.00000370. The predicted octanol–water partition coefficient (Wildman–Crippen LogP) is 1.75. The molecular formula is C28H22F3N2NaO5S. The number of carbonyl (C=O) groups is 1. The van der Waals surface area contributed by atoms with Gasteiger partial charge >= 0.3 is 35.9 Å². The largest absolute Gasteiger partial charge is 1.00 e. The van der Waals surface area contributed by atoms with E-state index in [0.29, 0.717) is 16.8 Å². The molecular weight excluding hydrogens is 556 g/mol. The van der Waals surface area contributed by atoms with Crippen molar-refractivity contribution >= 4 is 26.8 Å². The Hall–Kier alpha value is -2.96. The zero-order valence-corrected chi connectivity index (χ0v) is 24.3. The number of aryl methyl sites for hydroxylation is 1. The number of pyridine rings is 1. The summed E-state index contributed by atoms with van der Waals surface area (Å²) < 4.78 is 71.7. The Morgan fingerprint density at radius 3 is 2.15 bits per heavy atom. The summed E-state index contributed by atoms with van der Waals surface area (Å²) in [6, 6.07) is 16.0. The molecule has 1 saturated carbocycles. The first-order valence-corrected chi connectivity index (χ1v) is 13.5. The van der Waals surface area contributed by atoms with Gasteiger partial charge in [-0.3, -0.25) is 4.98 Å². The average Bonchev–Trinajstić information content (AvgIpc) is 3.73. The number of ether oxygens (including phenoxy) is 1. The average molecular weight is 579 g/mol. The van der Waals surface area contributed by atoms with Crippen LogP contribution in [0.4, 0.5) is 13.2 Å². The maximum absolute atomic E-state index is 13.5. The summed E-state index contributed by atoms with van der Waals surface area (Å²) in [6.07, 6.45) is -2.98. The molecule has 5 rings (SSSR count). The molecule has 0 saturated heterocycles. The monoisotopic (exact) mass is 578 g/mol. The van der Waals surface area contributed by atoms with E-state index in [1.54, 1.807) is 0 Å². The van der Waals surface area contributed by atoms with Crippen LogP contribution in [0.1, 0.15) is 57.7 Å². The third-order valence-electron chi connectivity index (χ3n) is 6.59. The summed E-state index contributed by atoms with van der Waals surface area (Å²) in [6.45, 7) is 1.82. The third kappa shape index (κ3) is 6.50. The van der Waals surface area contributed by atoms with Gasteiger partial charge in [-0.25, -0.2) is 8.42 Å². The standard InChI is InChI=1S/C28H23F3N2O5S.Na/c1-16-22-4-2-3-5-23(22)25(17-6-7-17)32-24(16)26(18-8-12-20(13-9-18)38-28(29,30)31)33-39(36,37)21-14-10-19(11-15-21)27(34)35;/h2-5,8-15,17,26,33H,6-7H2,1H3,(H,34,35);/q;+1/p-1. The van der Waals surface area contributed by atoms with Crippen LogP contribution in [0.15, 0.2) is 77.7 Å². The molecule has 4 aromatic rings. The number of benzene rings is 3. The van der Waals surface area contributed by atoms with E-state index in [2.05, 4.69) is 9.46 Å². The number of rotatable bonds is 8.